The van der Waals surface area contributed by atoms with E-state index in [1.165, 1.54) is 4.90 Å². The van der Waals surface area contributed by atoms with Crippen LogP contribution in [0.5, 0.6) is 11.5 Å². The number of nitrogens with zero attached hydrogens (tertiary/aromatic N) is 2. The maximum absolute atomic E-state index is 13.7. The van der Waals surface area contributed by atoms with Crippen molar-refractivity contribution < 1.29 is 22.7 Å². The molecule has 39 heavy (non-hydrogen) atoms. The molecule has 3 aromatic carbocycles. The predicted octanol–water partition coefficient (Wildman–Crippen LogP) is 5.50. The van der Waals surface area contributed by atoms with Crippen molar-refractivity contribution in [1.29, 1.82) is 0 Å². The molecule has 1 atom stereocenters. The van der Waals surface area contributed by atoms with Crippen molar-refractivity contribution in [2.75, 3.05) is 23.7 Å². The van der Waals surface area contributed by atoms with Crippen LogP contribution in [0.3, 0.4) is 0 Å². The van der Waals surface area contributed by atoms with E-state index in [2.05, 4.69) is 5.32 Å². The molecule has 0 aromatic heterocycles. The summed E-state index contributed by atoms with van der Waals surface area (Å²) in [4.78, 5) is 28.0. The van der Waals surface area contributed by atoms with Gasteiger partial charge in [0.05, 0.1) is 11.9 Å². The van der Waals surface area contributed by atoms with Gasteiger partial charge in [-0.1, -0.05) is 54.4 Å². The molecule has 3 rings (SSSR count). The summed E-state index contributed by atoms with van der Waals surface area (Å²) in [5.74, 6) is 0.236. The van der Waals surface area contributed by atoms with E-state index < -0.39 is 28.5 Å². The summed E-state index contributed by atoms with van der Waals surface area (Å²) in [5.41, 5.74) is 0.854. The smallest absolute Gasteiger partial charge is 0.244 e. The number of hydrogen-bond donors (Lipinski definition) is 1. The molecule has 11 heteroatoms. The van der Waals surface area contributed by atoms with Gasteiger partial charge < -0.3 is 15.0 Å². The van der Waals surface area contributed by atoms with Gasteiger partial charge in [-0.05, 0) is 67.4 Å². The second-order valence-electron chi connectivity index (χ2n) is 8.75. The Morgan fingerprint density at radius 3 is 2.15 bits per heavy atom. The fourth-order valence-electron chi connectivity index (χ4n) is 3.96. The van der Waals surface area contributed by atoms with Gasteiger partial charge in [-0.15, -0.1) is 0 Å². The number of sulfonamides is 1. The highest BCUT2D eigenvalue weighted by atomic mass is 35.5. The summed E-state index contributed by atoms with van der Waals surface area (Å²) in [6.45, 7) is 3.42. The number of hydrogen-bond acceptors (Lipinski definition) is 5. The lowest BCUT2D eigenvalue weighted by molar-refractivity contribution is -0.140. The monoisotopic (exact) mass is 591 g/mol. The zero-order chi connectivity index (χ0) is 28.6. The van der Waals surface area contributed by atoms with Crippen LogP contribution in [0.2, 0.25) is 10.0 Å². The first-order valence-electron chi connectivity index (χ1n) is 12.3. The normalized spacial score (nSPS) is 11.9. The molecule has 2 amide bonds. The number of carbonyl (C=O) groups is 2. The molecule has 0 heterocycles. The Balaban J connectivity index is 1.91. The third-order valence-corrected chi connectivity index (χ3v) is 7.60. The van der Waals surface area contributed by atoms with E-state index in [-0.39, 0.29) is 18.1 Å². The number of ether oxygens (including phenoxy) is 1. The number of rotatable bonds is 12. The van der Waals surface area contributed by atoms with Gasteiger partial charge in [-0.2, -0.15) is 0 Å². The number of nitrogens with one attached hydrogen (secondary N) is 1. The molecule has 0 aliphatic heterocycles. The Morgan fingerprint density at radius 2 is 1.59 bits per heavy atom. The van der Waals surface area contributed by atoms with Gasteiger partial charge in [0.2, 0.25) is 21.8 Å². The van der Waals surface area contributed by atoms with Gasteiger partial charge in [0, 0.05) is 23.1 Å². The standard InChI is InChI=1S/C28H31Cl2N3O5S/c1-4-26(28(35)31-5-2)32(18-20-11-12-21(29)17-25(20)30)27(34)19-33(39(3,36)37)22-13-15-24(16-14-22)38-23-9-7-6-8-10-23/h6-17,26H,4-5,18-19H2,1-3H3,(H,31,35)/t26-/m0/s1. The fourth-order valence-corrected chi connectivity index (χ4v) is 5.28. The number of carbonyl (C=O) groups excluding carboxylic acids is 2. The summed E-state index contributed by atoms with van der Waals surface area (Å²) in [5, 5.41) is 3.51. The quantitative estimate of drug-likeness (QED) is 0.300. The van der Waals surface area contributed by atoms with Crippen molar-refractivity contribution in [3.63, 3.8) is 0 Å². The summed E-state index contributed by atoms with van der Waals surface area (Å²) in [7, 11) is -3.87. The zero-order valence-corrected chi connectivity index (χ0v) is 24.3. The molecule has 8 nitrogen and oxygen atoms in total. The minimum absolute atomic E-state index is 0.00800. The maximum atomic E-state index is 13.7. The second kappa shape index (κ2) is 13.7. The predicted molar refractivity (Wildman–Crippen MR) is 155 cm³/mol. The first-order valence-corrected chi connectivity index (χ1v) is 15.0. The highest BCUT2D eigenvalue weighted by Crippen LogP contribution is 2.27. The second-order valence-corrected chi connectivity index (χ2v) is 11.5. The van der Waals surface area contributed by atoms with E-state index in [4.69, 9.17) is 27.9 Å². The van der Waals surface area contributed by atoms with Crippen molar-refractivity contribution in [2.45, 2.75) is 32.9 Å². The highest BCUT2D eigenvalue weighted by Gasteiger charge is 2.32. The van der Waals surface area contributed by atoms with Crippen LogP contribution in [0.15, 0.2) is 72.8 Å². The van der Waals surface area contributed by atoms with E-state index in [9.17, 15) is 18.0 Å². The van der Waals surface area contributed by atoms with Crippen LogP contribution >= 0.6 is 23.2 Å². The van der Waals surface area contributed by atoms with E-state index in [1.54, 1.807) is 68.4 Å². The molecule has 0 radical (unpaired) electrons. The van der Waals surface area contributed by atoms with Crippen LogP contribution in [-0.2, 0) is 26.2 Å². The van der Waals surface area contributed by atoms with Crippen molar-refractivity contribution in [3.05, 3.63) is 88.4 Å². The Labute approximate surface area is 239 Å². The van der Waals surface area contributed by atoms with Gasteiger partial charge in [-0.25, -0.2) is 8.42 Å². The molecule has 0 fully saturated rings. The minimum atomic E-state index is -3.87. The lowest BCUT2D eigenvalue weighted by Crippen LogP contribution is -2.52. The Morgan fingerprint density at radius 1 is 0.949 bits per heavy atom. The summed E-state index contributed by atoms with van der Waals surface area (Å²) < 4.78 is 32.4. The molecule has 0 saturated heterocycles. The highest BCUT2D eigenvalue weighted by molar-refractivity contribution is 7.92. The molecule has 3 aromatic rings. The molecule has 0 saturated carbocycles. The zero-order valence-electron chi connectivity index (χ0n) is 21.9. The maximum Gasteiger partial charge on any atom is 0.244 e. The summed E-state index contributed by atoms with van der Waals surface area (Å²) in [6, 6.07) is 19.6. The molecule has 0 bridgehead atoms. The van der Waals surface area contributed by atoms with Crippen LogP contribution in [0.25, 0.3) is 0 Å². The number of likely N-dealkylation sites (N-methyl/N-ethyl adjacent to an activating group) is 1. The molecule has 0 unspecified atom stereocenters. The van der Waals surface area contributed by atoms with Crippen LogP contribution in [-0.4, -0.2) is 50.5 Å². The van der Waals surface area contributed by atoms with Gasteiger partial charge in [-0.3, -0.25) is 13.9 Å². The van der Waals surface area contributed by atoms with Crippen molar-refractivity contribution in [3.8, 4) is 11.5 Å². The molecular weight excluding hydrogens is 561 g/mol. The fraction of sp³-hybridized carbons (Fsp3) is 0.286. The van der Waals surface area contributed by atoms with Gasteiger partial charge in [0.1, 0.15) is 24.1 Å². The van der Waals surface area contributed by atoms with Crippen LogP contribution in [0.1, 0.15) is 25.8 Å². The van der Waals surface area contributed by atoms with Crippen LogP contribution in [0.4, 0.5) is 5.69 Å². The first kappa shape index (κ1) is 30.3. The number of benzene rings is 3. The van der Waals surface area contributed by atoms with Crippen LogP contribution in [0, 0.1) is 0 Å². The Bertz CT molecular complexity index is 1390. The molecule has 0 aliphatic rings. The van der Waals surface area contributed by atoms with E-state index in [1.807, 2.05) is 18.2 Å². The SMILES string of the molecule is CCNC(=O)[C@H](CC)N(Cc1ccc(Cl)cc1Cl)C(=O)CN(c1ccc(Oc2ccccc2)cc1)S(C)(=O)=O. The van der Waals surface area contributed by atoms with Gasteiger partial charge >= 0.3 is 0 Å². The van der Waals surface area contributed by atoms with E-state index >= 15 is 0 Å². The molecule has 208 valence electrons. The minimum Gasteiger partial charge on any atom is -0.457 e. The molecule has 0 aliphatic carbocycles. The lowest BCUT2D eigenvalue weighted by atomic mass is 10.1. The molecule has 0 spiro atoms. The average molecular weight is 593 g/mol. The number of anilines is 1. The Hall–Kier alpha value is -3.27. The number of halogens is 2. The Kier molecular flexibility index (Phi) is 10.6. The third kappa shape index (κ3) is 8.36. The molecular formula is C28H31Cl2N3O5S. The topological polar surface area (TPSA) is 96.0 Å². The van der Waals surface area contributed by atoms with Crippen molar-refractivity contribution in [1.82, 2.24) is 10.2 Å². The van der Waals surface area contributed by atoms with Gasteiger partial charge in [0.25, 0.3) is 0 Å². The molecule has 1 N–H and O–H groups in total. The number of amides is 2. The largest absolute Gasteiger partial charge is 0.457 e. The van der Waals surface area contributed by atoms with Crippen LogP contribution < -0.4 is 14.4 Å². The third-order valence-electron chi connectivity index (χ3n) is 5.88. The van der Waals surface area contributed by atoms with E-state index in [0.717, 1.165) is 10.6 Å². The van der Waals surface area contributed by atoms with E-state index in [0.29, 0.717) is 40.1 Å². The summed E-state index contributed by atoms with van der Waals surface area (Å²) >= 11 is 12.4. The first-order chi connectivity index (χ1) is 18.5. The number of para-hydroxylation sites is 1. The summed E-state index contributed by atoms with van der Waals surface area (Å²) in [6.07, 6.45) is 1.34. The van der Waals surface area contributed by atoms with Crippen molar-refractivity contribution >= 4 is 50.7 Å². The van der Waals surface area contributed by atoms with Gasteiger partial charge in [0.15, 0.2) is 0 Å². The van der Waals surface area contributed by atoms with Crippen molar-refractivity contribution in [2.24, 2.45) is 0 Å². The lowest BCUT2D eigenvalue weighted by Gasteiger charge is -2.33. The average Bonchev–Trinajstić information content (AvgIpc) is 2.89.